The zero-order chi connectivity index (χ0) is 11.0. The molecule has 3 aromatic heterocycles. The standard InChI is InChI=1S/C10H9N5O/c11-9-6-1-2-13-10(6)15-7(14-9)5-8-12-3-4-16-8/h1-4H,5H2,(H3,11,13,14,15). The molecule has 0 fully saturated rings. The molecule has 3 N–H and O–H groups in total. The fraction of sp³-hybridized carbons (Fsp3) is 0.100. The van der Waals surface area contributed by atoms with Crippen molar-refractivity contribution in [1.82, 2.24) is 19.9 Å². The zero-order valence-corrected chi connectivity index (χ0v) is 8.34. The molecular weight excluding hydrogens is 206 g/mol. The average Bonchev–Trinajstić information content (AvgIpc) is 2.87. The van der Waals surface area contributed by atoms with Gasteiger partial charge in [0.2, 0.25) is 5.89 Å². The van der Waals surface area contributed by atoms with Crippen LogP contribution in [-0.2, 0) is 6.42 Å². The van der Waals surface area contributed by atoms with Crippen molar-refractivity contribution in [3.05, 3.63) is 36.4 Å². The number of aromatic amines is 1. The van der Waals surface area contributed by atoms with E-state index < -0.39 is 0 Å². The molecule has 16 heavy (non-hydrogen) atoms. The summed E-state index contributed by atoms with van der Waals surface area (Å²) in [4.78, 5) is 15.5. The van der Waals surface area contributed by atoms with E-state index >= 15 is 0 Å². The van der Waals surface area contributed by atoms with E-state index in [-0.39, 0.29) is 0 Å². The van der Waals surface area contributed by atoms with Gasteiger partial charge in [0.1, 0.15) is 23.6 Å². The van der Waals surface area contributed by atoms with E-state index in [9.17, 15) is 0 Å². The second-order valence-corrected chi connectivity index (χ2v) is 3.37. The summed E-state index contributed by atoms with van der Waals surface area (Å²) in [5.41, 5.74) is 6.54. The van der Waals surface area contributed by atoms with E-state index in [2.05, 4.69) is 19.9 Å². The van der Waals surface area contributed by atoms with Gasteiger partial charge in [-0.25, -0.2) is 15.0 Å². The lowest BCUT2D eigenvalue weighted by Gasteiger charge is -1.99. The van der Waals surface area contributed by atoms with E-state index in [1.54, 1.807) is 12.4 Å². The van der Waals surface area contributed by atoms with Crippen LogP contribution in [0.3, 0.4) is 0 Å². The van der Waals surface area contributed by atoms with E-state index in [0.29, 0.717) is 24.0 Å². The number of H-pyrrole nitrogens is 1. The van der Waals surface area contributed by atoms with E-state index in [1.165, 1.54) is 6.26 Å². The maximum Gasteiger partial charge on any atom is 0.201 e. The highest BCUT2D eigenvalue weighted by Crippen LogP contribution is 2.16. The minimum absolute atomic E-state index is 0.437. The predicted octanol–water partition coefficient (Wildman–Crippen LogP) is 1.12. The molecule has 0 amide bonds. The number of aromatic nitrogens is 4. The Kier molecular flexibility index (Phi) is 1.86. The lowest BCUT2D eigenvalue weighted by atomic mass is 10.3. The van der Waals surface area contributed by atoms with Crippen LogP contribution in [0.4, 0.5) is 5.82 Å². The van der Waals surface area contributed by atoms with Crippen LogP contribution in [0, 0.1) is 0 Å². The Morgan fingerprint density at radius 3 is 3.12 bits per heavy atom. The minimum atomic E-state index is 0.437. The van der Waals surface area contributed by atoms with Gasteiger partial charge in [-0.3, -0.25) is 0 Å². The van der Waals surface area contributed by atoms with Gasteiger partial charge in [-0.15, -0.1) is 0 Å². The molecule has 6 nitrogen and oxygen atoms in total. The first-order chi connectivity index (χ1) is 7.83. The van der Waals surface area contributed by atoms with Crippen molar-refractivity contribution in [2.75, 3.05) is 5.73 Å². The summed E-state index contributed by atoms with van der Waals surface area (Å²) in [6, 6.07) is 1.85. The molecule has 0 spiro atoms. The normalized spacial score (nSPS) is 11.0. The second-order valence-electron chi connectivity index (χ2n) is 3.37. The highest BCUT2D eigenvalue weighted by molar-refractivity contribution is 5.85. The summed E-state index contributed by atoms with van der Waals surface area (Å²) in [6.45, 7) is 0. The van der Waals surface area contributed by atoms with Gasteiger partial charge in [0.15, 0.2) is 0 Å². The predicted molar refractivity (Wildman–Crippen MR) is 57.6 cm³/mol. The summed E-state index contributed by atoms with van der Waals surface area (Å²) in [7, 11) is 0. The van der Waals surface area contributed by atoms with Crippen LogP contribution in [-0.4, -0.2) is 19.9 Å². The molecule has 0 bridgehead atoms. The second kappa shape index (κ2) is 3.34. The molecule has 0 atom stereocenters. The molecule has 0 aromatic carbocycles. The van der Waals surface area contributed by atoms with Crippen LogP contribution in [0.1, 0.15) is 11.7 Å². The van der Waals surface area contributed by atoms with E-state index in [0.717, 1.165) is 11.0 Å². The fourth-order valence-corrected chi connectivity index (χ4v) is 1.57. The maximum absolute atomic E-state index is 5.81. The SMILES string of the molecule is Nc1nc(Cc2ncco2)nc2[nH]ccc12. The van der Waals surface area contributed by atoms with Crippen molar-refractivity contribution in [2.45, 2.75) is 6.42 Å². The first-order valence-corrected chi connectivity index (χ1v) is 4.81. The topological polar surface area (TPSA) is 93.6 Å². The zero-order valence-electron chi connectivity index (χ0n) is 8.34. The van der Waals surface area contributed by atoms with Crippen molar-refractivity contribution in [3.63, 3.8) is 0 Å². The van der Waals surface area contributed by atoms with Crippen LogP contribution >= 0.6 is 0 Å². The monoisotopic (exact) mass is 215 g/mol. The van der Waals surface area contributed by atoms with Crippen molar-refractivity contribution in [1.29, 1.82) is 0 Å². The third kappa shape index (κ3) is 1.40. The van der Waals surface area contributed by atoms with Gasteiger partial charge in [-0.1, -0.05) is 0 Å². The minimum Gasteiger partial charge on any atom is -0.449 e. The molecule has 80 valence electrons. The Balaban J connectivity index is 2.04. The molecule has 0 aliphatic heterocycles. The van der Waals surface area contributed by atoms with Crippen LogP contribution in [0.15, 0.2) is 29.1 Å². The van der Waals surface area contributed by atoms with Gasteiger partial charge in [-0.2, -0.15) is 0 Å². The highest BCUT2D eigenvalue weighted by Gasteiger charge is 2.08. The van der Waals surface area contributed by atoms with Gasteiger partial charge in [0.05, 0.1) is 18.0 Å². The summed E-state index contributed by atoms with van der Waals surface area (Å²) < 4.78 is 5.13. The van der Waals surface area contributed by atoms with Crippen LogP contribution < -0.4 is 5.73 Å². The van der Waals surface area contributed by atoms with Crippen LogP contribution in [0.25, 0.3) is 11.0 Å². The van der Waals surface area contributed by atoms with Crippen molar-refractivity contribution in [3.8, 4) is 0 Å². The first kappa shape index (κ1) is 8.90. The molecule has 0 saturated carbocycles. The number of nitrogens with two attached hydrogens (primary N) is 1. The molecule has 0 radical (unpaired) electrons. The van der Waals surface area contributed by atoms with Gasteiger partial charge < -0.3 is 15.1 Å². The van der Waals surface area contributed by atoms with Crippen LogP contribution in [0.2, 0.25) is 0 Å². The number of nitrogens with one attached hydrogen (secondary N) is 1. The molecule has 3 heterocycles. The van der Waals surface area contributed by atoms with Gasteiger partial charge in [0, 0.05) is 6.20 Å². The first-order valence-electron chi connectivity index (χ1n) is 4.81. The Morgan fingerprint density at radius 2 is 2.31 bits per heavy atom. The lowest BCUT2D eigenvalue weighted by Crippen LogP contribution is -2.01. The summed E-state index contributed by atoms with van der Waals surface area (Å²) >= 11 is 0. The molecule has 0 aliphatic rings. The Bertz CT molecular complexity index is 613. The largest absolute Gasteiger partial charge is 0.449 e. The molecular formula is C10H9N5O. The molecule has 3 aromatic rings. The summed E-state index contributed by atoms with van der Waals surface area (Å²) in [5, 5.41) is 0.830. The van der Waals surface area contributed by atoms with Crippen molar-refractivity contribution < 1.29 is 4.42 Å². The van der Waals surface area contributed by atoms with Crippen molar-refractivity contribution in [2.24, 2.45) is 0 Å². The number of anilines is 1. The molecule has 6 heteroatoms. The number of rotatable bonds is 2. The average molecular weight is 215 g/mol. The van der Waals surface area contributed by atoms with E-state index in [4.69, 9.17) is 10.2 Å². The Morgan fingerprint density at radius 1 is 1.38 bits per heavy atom. The maximum atomic E-state index is 5.81. The summed E-state index contributed by atoms with van der Waals surface area (Å²) in [6.07, 6.45) is 5.33. The fourth-order valence-electron chi connectivity index (χ4n) is 1.57. The Labute approximate surface area is 90.5 Å². The highest BCUT2D eigenvalue weighted by atomic mass is 16.3. The third-order valence-electron chi connectivity index (χ3n) is 2.28. The molecule has 0 aliphatic carbocycles. The number of nitrogens with zero attached hydrogens (tertiary/aromatic N) is 3. The number of hydrogen-bond acceptors (Lipinski definition) is 5. The quantitative estimate of drug-likeness (QED) is 0.668. The molecule has 3 rings (SSSR count). The van der Waals surface area contributed by atoms with Gasteiger partial charge in [0.25, 0.3) is 0 Å². The molecule has 0 unspecified atom stereocenters. The smallest absolute Gasteiger partial charge is 0.201 e. The van der Waals surface area contributed by atoms with Gasteiger partial charge >= 0.3 is 0 Å². The van der Waals surface area contributed by atoms with Gasteiger partial charge in [-0.05, 0) is 6.07 Å². The number of hydrogen-bond donors (Lipinski definition) is 2. The van der Waals surface area contributed by atoms with E-state index in [1.807, 2.05) is 6.07 Å². The third-order valence-corrected chi connectivity index (χ3v) is 2.28. The lowest BCUT2D eigenvalue weighted by molar-refractivity contribution is 0.503. The Hall–Kier alpha value is -2.37. The van der Waals surface area contributed by atoms with Crippen molar-refractivity contribution >= 4 is 16.9 Å². The summed E-state index contributed by atoms with van der Waals surface area (Å²) in [5.74, 6) is 1.63. The number of fused-ring (bicyclic) bond motifs is 1. The number of nitrogen functional groups attached to an aromatic ring is 1. The molecule has 0 saturated heterocycles. The van der Waals surface area contributed by atoms with Crippen LogP contribution in [0.5, 0.6) is 0 Å². The number of oxazole rings is 1.